The topological polar surface area (TPSA) is 108 Å². The number of phenolic OH excluding ortho intramolecular Hbond substituents is 1. The first-order valence-electron chi connectivity index (χ1n) is 14.8. The number of fused-ring (bicyclic) bond motifs is 1. The van der Waals surface area contributed by atoms with E-state index in [-0.39, 0.29) is 12.2 Å². The molecular formula is C36H41N3O5. The fourth-order valence-electron chi connectivity index (χ4n) is 5.12. The molecule has 0 saturated carbocycles. The number of amides is 3. The summed E-state index contributed by atoms with van der Waals surface area (Å²) < 4.78 is 5.50. The number of anilines is 1. The van der Waals surface area contributed by atoms with E-state index in [4.69, 9.17) is 4.74 Å². The number of carbonyl (C=O) groups is 3. The summed E-state index contributed by atoms with van der Waals surface area (Å²) in [5.41, 5.74) is 1.74. The smallest absolute Gasteiger partial charge is 0.408 e. The van der Waals surface area contributed by atoms with E-state index in [9.17, 15) is 19.5 Å². The third kappa shape index (κ3) is 8.16. The first-order valence-corrected chi connectivity index (χ1v) is 14.8. The van der Waals surface area contributed by atoms with Crippen LogP contribution in [0.2, 0.25) is 0 Å². The van der Waals surface area contributed by atoms with Crippen molar-refractivity contribution in [3.8, 4) is 5.75 Å². The molecule has 0 aliphatic rings. The summed E-state index contributed by atoms with van der Waals surface area (Å²) in [5.74, 6) is -0.791. The molecule has 2 unspecified atom stereocenters. The predicted octanol–water partition coefficient (Wildman–Crippen LogP) is 6.91. The molecule has 0 aliphatic carbocycles. The molecule has 0 saturated heterocycles. The average molecular weight is 596 g/mol. The second kappa shape index (κ2) is 13.6. The highest BCUT2D eigenvalue weighted by atomic mass is 16.6. The Morgan fingerprint density at radius 2 is 1.52 bits per heavy atom. The first-order chi connectivity index (χ1) is 20.8. The van der Waals surface area contributed by atoms with Gasteiger partial charge in [-0.15, -0.1) is 0 Å². The van der Waals surface area contributed by atoms with Gasteiger partial charge in [-0.1, -0.05) is 66.7 Å². The normalized spacial score (nSPS) is 12.8. The molecule has 3 amide bonds. The van der Waals surface area contributed by atoms with E-state index < -0.39 is 41.6 Å². The maximum atomic E-state index is 14.5. The summed E-state index contributed by atoms with van der Waals surface area (Å²) in [6.07, 6.45) is -0.538. The molecule has 2 atom stereocenters. The highest BCUT2D eigenvalue weighted by Gasteiger charge is 2.38. The van der Waals surface area contributed by atoms with Gasteiger partial charge in [0.25, 0.3) is 5.91 Å². The van der Waals surface area contributed by atoms with Gasteiger partial charge in [-0.3, -0.25) is 9.59 Å². The standard InChI is InChI=1S/C36H41N3O5/c1-23(2)39(34(42)30(21-25-12-8-7-9-13-25)38-35(43)44-36(4,5)6)32(28-17-19-31(40)24(3)20-28)33(41)37-29-18-16-26-14-10-11-15-27(26)22-29/h7-20,22-23,30,32,40H,21H2,1-6H3,(H,37,41)(H,38,43). The fourth-order valence-corrected chi connectivity index (χ4v) is 5.12. The van der Waals surface area contributed by atoms with Crippen LogP contribution in [0.3, 0.4) is 0 Å². The summed E-state index contributed by atoms with van der Waals surface area (Å²) >= 11 is 0. The monoisotopic (exact) mass is 595 g/mol. The van der Waals surface area contributed by atoms with Crippen LogP contribution in [0.1, 0.15) is 57.4 Å². The van der Waals surface area contributed by atoms with Crippen molar-refractivity contribution in [2.45, 2.75) is 71.7 Å². The number of ether oxygens (including phenoxy) is 1. The number of nitrogens with one attached hydrogen (secondary N) is 2. The minimum Gasteiger partial charge on any atom is -0.508 e. The molecule has 0 radical (unpaired) electrons. The first kappa shape index (κ1) is 32.1. The van der Waals surface area contributed by atoms with E-state index in [0.717, 1.165) is 16.3 Å². The minimum absolute atomic E-state index is 0.0819. The van der Waals surface area contributed by atoms with E-state index in [1.54, 1.807) is 39.8 Å². The van der Waals surface area contributed by atoms with Crippen LogP contribution >= 0.6 is 0 Å². The third-order valence-electron chi connectivity index (χ3n) is 7.16. The number of alkyl carbamates (subject to hydrolysis) is 1. The second-order valence-electron chi connectivity index (χ2n) is 12.2. The van der Waals surface area contributed by atoms with E-state index >= 15 is 0 Å². The number of hydrogen-bond acceptors (Lipinski definition) is 5. The van der Waals surface area contributed by atoms with Gasteiger partial charge in [0.1, 0.15) is 23.4 Å². The van der Waals surface area contributed by atoms with Crippen LogP contribution in [-0.4, -0.2) is 45.6 Å². The van der Waals surface area contributed by atoms with Crippen molar-refractivity contribution in [1.29, 1.82) is 0 Å². The van der Waals surface area contributed by atoms with Crippen LogP contribution in [0.4, 0.5) is 10.5 Å². The quantitative estimate of drug-likeness (QED) is 0.195. The zero-order valence-electron chi connectivity index (χ0n) is 26.1. The Hall–Kier alpha value is -4.85. The van der Waals surface area contributed by atoms with Crippen molar-refractivity contribution >= 4 is 34.4 Å². The Bertz CT molecular complexity index is 1630. The summed E-state index contributed by atoms with van der Waals surface area (Å²) in [6.45, 7) is 10.6. The zero-order valence-corrected chi connectivity index (χ0v) is 26.1. The van der Waals surface area contributed by atoms with Gasteiger partial charge in [-0.2, -0.15) is 0 Å². The number of benzene rings is 4. The molecule has 230 valence electrons. The van der Waals surface area contributed by atoms with Crippen LogP contribution in [0.5, 0.6) is 5.75 Å². The van der Waals surface area contributed by atoms with Gasteiger partial charge in [0.15, 0.2) is 0 Å². The van der Waals surface area contributed by atoms with Crippen molar-refractivity contribution in [2.24, 2.45) is 0 Å². The number of aryl methyl sites for hydroxylation is 1. The Balaban J connectivity index is 1.75. The Kier molecular flexibility index (Phi) is 9.94. The maximum absolute atomic E-state index is 14.5. The molecule has 0 bridgehead atoms. The molecule has 0 fully saturated rings. The lowest BCUT2D eigenvalue weighted by molar-refractivity contribution is -0.142. The maximum Gasteiger partial charge on any atom is 0.408 e. The lowest BCUT2D eigenvalue weighted by Crippen LogP contribution is -2.55. The van der Waals surface area contributed by atoms with Crippen molar-refractivity contribution in [3.05, 3.63) is 108 Å². The van der Waals surface area contributed by atoms with Crippen LogP contribution in [0.25, 0.3) is 10.8 Å². The number of rotatable bonds is 9. The molecule has 4 aromatic carbocycles. The molecular weight excluding hydrogens is 554 g/mol. The number of hydrogen-bond donors (Lipinski definition) is 3. The van der Waals surface area contributed by atoms with Crippen LogP contribution in [-0.2, 0) is 20.7 Å². The molecule has 4 rings (SSSR count). The Morgan fingerprint density at radius 1 is 0.864 bits per heavy atom. The van der Waals surface area contributed by atoms with Gasteiger partial charge in [-0.25, -0.2) is 4.79 Å². The zero-order chi connectivity index (χ0) is 32.0. The van der Waals surface area contributed by atoms with Gasteiger partial charge >= 0.3 is 6.09 Å². The summed E-state index contributed by atoms with van der Waals surface area (Å²) in [7, 11) is 0. The van der Waals surface area contributed by atoms with Gasteiger partial charge < -0.3 is 25.4 Å². The number of phenols is 1. The molecule has 8 nitrogen and oxygen atoms in total. The second-order valence-corrected chi connectivity index (χ2v) is 12.2. The van der Waals surface area contributed by atoms with Crippen LogP contribution in [0.15, 0.2) is 91.0 Å². The lowest BCUT2D eigenvalue weighted by atomic mass is 9.97. The number of aromatic hydroxyl groups is 1. The number of nitrogens with zero attached hydrogens (tertiary/aromatic N) is 1. The Labute approximate surface area is 259 Å². The van der Waals surface area contributed by atoms with Crippen molar-refractivity contribution in [2.75, 3.05) is 5.32 Å². The summed E-state index contributed by atoms with van der Waals surface area (Å²) in [4.78, 5) is 43.2. The lowest BCUT2D eigenvalue weighted by Gasteiger charge is -2.37. The molecule has 0 aromatic heterocycles. The molecule has 3 N–H and O–H groups in total. The van der Waals surface area contributed by atoms with Gasteiger partial charge in [-0.05, 0) is 93.3 Å². The van der Waals surface area contributed by atoms with Gasteiger partial charge in [0.2, 0.25) is 5.91 Å². The minimum atomic E-state index is -1.08. The van der Waals surface area contributed by atoms with Crippen LogP contribution in [0, 0.1) is 6.92 Å². The summed E-state index contributed by atoms with van der Waals surface area (Å²) in [5, 5.41) is 18.0. The van der Waals surface area contributed by atoms with Gasteiger partial charge in [0.05, 0.1) is 0 Å². The molecule has 44 heavy (non-hydrogen) atoms. The summed E-state index contributed by atoms with van der Waals surface area (Å²) in [6, 6.07) is 25.2. The Morgan fingerprint density at radius 3 is 2.16 bits per heavy atom. The van der Waals surface area contributed by atoms with E-state index in [1.165, 1.54) is 11.0 Å². The fraction of sp³-hybridized carbons (Fsp3) is 0.306. The molecule has 0 heterocycles. The largest absolute Gasteiger partial charge is 0.508 e. The van der Waals surface area contributed by atoms with E-state index in [0.29, 0.717) is 16.8 Å². The predicted molar refractivity (Wildman–Crippen MR) is 173 cm³/mol. The van der Waals surface area contributed by atoms with E-state index in [2.05, 4.69) is 10.6 Å². The highest BCUT2D eigenvalue weighted by Crippen LogP contribution is 2.30. The van der Waals surface area contributed by atoms with Crippen molar-refractivity contribution in [1.82, 2.24) is 10.2 Å². The van der Waals surface area contributed by atoms with Gasteiger partial charge in [0, 0.05) is 18.2 Å². The van der Waals surface area contributed by atoms with Crippen LogP contribution < -0.4 is 10.6 Å². The average Bonchev–Trinajstić information content (AvgIpc) is 2.96. The van der Waals surface area contributed by atoms with Crippen molar-refractivity contribution in [3.63, 3.8) is 0 Å². The number of carbonyl (C=O) groups excluding carboxylic acids is 3. The molecule has 0 spiro atoms. The van der Waals surface area contributed by atoms with Crippen molar-refractivity contribution < 1.29 is 24.2 Å². The molecule has 8 heteroatoms. The highest BCUT2D eigenvalue weighted by molar-refractivity contribution is 6.00. The third-order valence-corrected chi connectivity index (χ3v) is 7.16. The van der Waals surface area contributed by atoms with E-state index in [1.807, 2.05) is 86.6 Å². The molecule has 0 aliphatic heterocycles. The molecule has 4 aromatic rings. The SMILES string of the molecule is Cc1cc(C(C(=O)Nc2ccc3ccccc3c2)N(C(=O)C(Cc2ccccc2)NC(=O)OC(C)(C)C)C(C)C)ccc1O.